The molecule has 1 heterocycles. The van der Waals surface area contributed by atoms with Crippen molar-refractivity contribution in [3.63, 3.8) is 0 Å². The van der Waals surface area contributed by atoms with Crippen molar-refractivity contribution < 1.29 is 9.52 Å². The van der Waals surface area contributed by atoms with Crippen LogP contribution < -0.4 is 10.9 Å². The second-order valence-corrected chi connectivity index (χ2v) is 3.91. The Morgan fingerprint density at radius 1 is 1.29 bits per heavy atom. The molecule has 4 nitrogen and oxygen atoms in total. The molecule has 1 aromatic heterocycles. The first-order chi connectivity index (χ1) is 8.22. The van der Waals surface area contributed by atoms with Gasteiger partial charge in [-0.3, -0.25) is 0 Å². The number of phenolic OH excluding ortho intramolecular Hbond substituents is 1. The summed E-state index contributed by atoms with van der Waals surface area (Å²) >= 11 is 0. The fourth-order valence-electron chi connectivity index (χ4n) is 1.74. The molecule has 0 bridgehead atoms. The number of rotatable bonds is 4. The molecular formula is C13H15NO3. The van der Waals surface area contributed by atoms with Gasteiger partial charge in [-0.05, 0) is 31.2 Å². The minimum Gasteiger partial charge on any atom is -0.507 e. The van der Waals surface area contributed by atoms with Gasteiger partial charge in [0.2, 0.25) is 0 Å². The average Bonchev–Trinajstić information content (AvgIpc) is 2.32. The highest BCUT2D eigenvalue weighted by Gasteiger charge is 2.09. The molecule has 4 heteroatoms. The Balaban J connectivity index is 2.46. The van der Waals surface area contributed by atoms with Gasteiger partial charge in [0.15, 0.2) is 0 Å². The monoisotopic (exact) mass is 233 g/mol. The van der Waals surface area contributed by atoms with Gasteiger partial charge in [0, 0.05) is 18.0 Å². The van der Waals surface area contributed by atoms with E-state index in [1.807, 2.05) is 0 Å². The van der Waals surface area contributed by atoms with Crippen molar-refractivity contribution in [2.75, 3.05) is 6.54 Å². The van der Waals surface area contributed by atoms with Crippen LogP contribution in [0.25, 0.3) is 11.0 Å². The lowest BCUT2D eigenvalue weighted by molar-refractivity contribution is 0.461. The third kappa shape index (κ3) is 2.47. The standard InChI is InChI=1S/C13H15NO3/c1-2-7-14-8-10-11(15)5-3-9-4-6-12(16)17-13(9)10/h3-6,14-15H,2,7-8H2,1H3. The molecule has 0 saturated heterocycles. The number of benzene rings is 1. The summed E-state index contributed by atoms with van der Waals surface area (Å²) in [5.74, 6) is 0.149. The van der Waals surface area contributed by atoms with Crippen molar-refractivity contribution in [1.29, 1.82) is 0 Å². The second-order valence-electron chi connectivity index (χ2n) is 3.91. The maximum absolute atomic E-state index is 11.2. The maximum Gasteiger partial charge on any atom is 0.336 e. The molecule has 1 aromatic carbocycles. The van der Waals surface area contributed by atoms with E-state index in [4.69, 9.17) is 4.42 Å². The Kier molecular flexibility index (Phi) is 3.44. The normalized spacial score (nSPS) is 10.9. The van der Waals surface area contributed by atoms with E-state index in [1.54, 1.807) is 18.2 Å². The Hall–Kier alpha value is -1.81. The quantitative estimate of drug-likeness (QED) is 0.626. The number of fused-ring (bicyclic) bond motifs is 1. The maximum atomic E-state index is 11.2. The summed E-state index contributed by atoms with van der Waals surface area (Å²) in [7, 11) is 0. The molecule has 0 atom stereocenters. The Bertz CT molecular complexity index is 574. The van der Waals surface area contributed by atoms with E-state index in [1.165, 1.54) is 6.07 Å². The first-order valence-electron chi connectivity index (χ1n) is 5.68. The molecule has 2 N–H and O–H groups in total. The van der Waals surface area contributed by atoms with Crippen LogP contribution in [0.4, 0.5) is 0 Å². The van der Waals surface area contributed by atoms with Crippen LogP contribution in [0.2, 0.25) is 0 Å². The Morgan fingerprint density at radius 2 is 2.06 bits per heavy atom. The molecular weight excluding hydrogens is 218 g/mol. The zero-order valence-corrected chi connectivity index (χ0v) is 9.69. The summed E-state index contributed by atoms with van der Waals surface area (Å²) in [6.07, 6.45) is 1.01. The lowest BCUT2D eigenvalue weighted by Crippen LogP contribution is -2.14. The molecule has 0 fully saturated rings. The van der Waals surface area contributed by atoms with E-state index in [9.17, 15) is 9.90 Å². The highest BCUT2D eigenvalue weighted by molar-refractivity contribution is 5.81. The van der Waals surface area contributed by atoms with E-state index >= 15 is 0 Å². The van der Waals surface area contributed by atoms with Gasteiger partial charge in [0.1, 0.15) is 11.3 Å². The molecule has 0 aliphatic rings. The number of aromatic hydroxyl groups is 1. The minimum atomic E-state index is -0.403. The van der Waals surface area contributed by atoms with Crippen molar-refractivity contribution in [1.82, 2.24) is 5.32 Å². The van der Waals surface area contributed by atoms with Crippen LogP contribution in [0.15, 0.2) is 33.5 Å². The Labute approximate surface area is 98.9 Å². The number of hydrogen-bond donors (Lipinski definition) is 2. The van der Waals surface area contributed by atoms with Crippen LogP contribution in [-0.2, 0) is 6.54 Å². The SMILES string of the molecule is CCCNCc1c(O)ccc2ccc(=O)oc12. The summed E-state index contributed by atoms with van der Waals surface area (Å²) in [5, 5.41) is 13.8. The molecule has 17 heavy (non-hydrogen) atoms. The predicted molar refractivity (Wildman–Crippen MR) is 66.1 cm³/mol. The first-order valence-corrected chi connectivity index (χ1v) is 5.68. The van der Waals surface area contributed by atoms with E-state index in [0.717, 1.165) is 18.4 Å². The third-order valence-electron chi connectivity index (χ3n) is 2.60. The van der Waals surface area contributed by atoms with Crippen molar-refractivity contribution in [3.05, 3.63) is 40.2 Å². The van der Waals surface area contributed by atoms with Gasteiger partial charge < -0.3 is 14.8 Å². The van der Waals surface area contributed by atoms with Crippen LogP contribution in [0.3, 0.4) is 0 Å². The Morgan fingerprint density at radius 3 is 2.82 bits per heavy atom. The summed E-state index contributed by atoms with van der Waals surface area (Å²) < 4.78 is 5.15. The zero-order valence-electron chi connectivity index (χ0n) is 9.69. The van der Waals surface area contributed by atoms with Crippen molar-refractivity contribution in [2.24, 2.45) is 0 Å². The van der Waals surface area contributed by atoms with Gasteiger partial charge in [0.05, 0.1) is 5.56 Å². The van der Waals surface area contributed by atoms with E-state index in [-0.39, 0.29) is 5.75 Å². The molecule has 0 saturated carbocycles. The average molecular weight is 233 g/mol. The predicted octanol–water partition coefficient (Wildman–Crippen LogP) is 2.00. The highest BCUT2D eigenvalue weighted by Crippen LogP contribution is 2.25. The molecule has 2 aromatic rings. The summed E-state index contributed by atoms with van der Waals surface area (Å²) in [6.45, 7) is 3.41. The molecule has 90 valence electrons. The van der Waals surface area contributed by atoms with Crippen LogP contribution >= 0.6 is 0 Å². The molecule has 0 spiro atoms. The van der Waals surface area contributed by atoms with Crippen LogP contribution in [-0.4, -0.2) is 11.7 Å². The summed E-state index contributed by atoms with van der Waals surface area (Å²) in [6, 6.07) is 6.43. The first kappa shape index (κ1) is 11.7. The fraction of sp³-hybridized carbons (Fsp3) is 0.308. The van der Waals surface area contributed by atoms with E-state index in [0.29, 0.717) is 17.7 Å². The number of hydrogen-bond acceptors (Lipinski definition) is 4. The van der Waals surface area contributed by atoms with Crippen molar-refractivity contribution in [3.8, 4) is 5.75 Å². The second kappa shape index (κ2) is 5.01. The highest BCUT2D eigenvalue weighted by atomic mass is 16.4. The lowest BCUT2D eigenvalue weighted by atomic mass is 10.1. The summed E-state index contributed by atoms with van der Waals surface area (Å²) in [4.78, 5) is 11.2. The largest absolute Gasteiger partial charge is 0.507 e. The lowest BCUT2D eigenvalue weighted by Gasteiger charge is -2.08. The topological polar surface area (TPSA) is 62.5 Å². The van der Waals surface area contributed by atoms with Gasteiger partial charge >= 0.3 is 5.63 Å². The summed E-state index contributed by atoms with van der Waals surface area (Å²) in [5.41, 5.74) is 0.689. The minimum absolute atomic E-state index is 0.149. The zero-order chi connectivity index (χ0) is 12.3. The van der Waals surface area contributed by atoms with Gasteiger partial charge in [-0.1, -0.05) is 6.92 Å². The molecule has 0 unspecified atom stereocenters. The van der Waals surface area contributed by atoms with Gasteiger partial charge in [-0.15, -0.1) is 0 Å². The molecule has 0 amide bonds. The third-order valence-corrected chi connectivity index (χ3v) is 2.60. The van der Waals surface area contributed by atoms with E-state index in [2.05, 4.69) is 12.2 Å². The van der Waals surface area contributed by atoms with Crippen molar-refractivity contribution >= 4 is 11.0 Å². The van der Waals surface area contributed by atoms with Crippen LogP contribution in [0.5, 0.6) is 5.75 Å². The van der Waals surface area contributed by atoms with Crippen molar-refractivity contribution in [2.45, 2.75) is 19.9 Å². The van der Waals surface area contributed by atoms with Crippen LogP contribution in [0.1, 0.15) is 18.9 Å². The fourth-order valence-corrected chi connectivity index (χ4v) is 1.74. The molecule has 0 aliphatic carbocycles. The molecule has 2 rings (SSSR count). The molecule has 0 radical (unpaired) electrons. The van der Waals surface area contributed by atoms with E-state index < -0.39 is 5.63 Å². The molecule has 0 aliphatic heterocycles. The number of nitrogens with one attached hydrogen (secondary N) is 1. The van der Waals surface area contributed by atoms with Gasteiger partial charge in [0.25, 0.3) is 0 Å². The van der Waals surface area contributed by atoms with Gasteiger partial charge in [-0.25, -0.2) is 4.79 Å². The van der Waals surface area contributed by atoms with Crippen LogP contribution in [0, 0.1) is 0 Å². The smallest absolute Gasteiger partial charge is 0.336 e. The number of phenols is 1. The van der Waals surface area contributed by atoms with Gasteiger partial charge in [-0.2, -0.15) is 0 Å².